The van der Waals surface area contributed by atoms with Gasteiger partial charge >= 0.3 is 0 Å². The Bertz CT molecular complexity index is 773. The predicted octanol–water partition coefficient (Wildman–Crippen LogP) is 3.16. The Morgan fingerprint density at radius 2 is 1.67 bits per heavy atom. The van der Waals surface area contributed by atoms with E-state index in [-0.39, 0.29) is 4.90 Å². The molecule has 5 nitrogen and oxygen atoms in total. The molecule has 2 aromatic carbocycles. The van der Waals surface area contributed by atoms with E-state index < -0.39 is 10.0 Å². The number of primary sulfonamides is 1. The number of rotatable bonds is 4. The first-order valence-electron chi connectivity index (χ1n) is 7.58. The molecule has 0 radical (unpaired) electrons. The number of sulfonamides is 1. The van der Waals surface area contributed by atoms with Gasteiger partial charge < -0.3 is 10.6 Å². The van der Waals surface area contributed by atoms with E-state index in [2.05, 4.69) is 10.6 Å². The SMILES string of the molecule is CC.Cc1ccccc1NC(=S)NCc1ccc(S(N)(=O)=O)cc1. The van der Waals surface area contributed by atoms with Crippen molar-refractivity contribution in [2.24, 2.45) is 5.14 Å². The number of thiocarbonyl (C=S) groups is 1. The highest BCUT2D eigenvalue weighted by Gasteiger charge is 2.07. The lowest BCUT2D eigenvalue weighted by atomic mass is 10.2. The Balaban J connectivity index is 0.00000139. The van der Waals surface area contributed by atoms with Crippen molar-refractivity contribution in [3.8, 4) is 0 Å². The molecule has 0 spiro atoms. The minimum absolute atomic E-state index is 0.0943. The molecular formula is C17H23N3O2S2. The molecule has 0 saturated heterocycles. The fourth-order valence-electron chi connectivity index (χ4n) is 1.86. The van der Waals surface area contributed by atoms with Gasteiger partial charge in [-0.2, -0.15) is 0 Å². The Morgan fingerprint density at radius 3 is 2.21 bits per heavy atom. The van der Waals surface area contributed by atoms with E-state index in [1.165, 1.54) is 12.1 Å². The number of anilines is 1. The van der Waals surface area contributed by atoms with Gasteiger partial charge in [-0.15, -0.1) is 0 Å². The third kappa shape index (κ3) is 6.27. The molecule has 0 heterocycles. The van der Waals surface area contributed by atoms with Gasteiger partial charge in [0, 0.05) is 12.2 Å². The van der Waals surface area contributed by atoms with Crippen LogP contribution >= 0.6 is 12.2 Å². The van der Waals surface area contributed by atoms with Crippen LogP contribution in [0.2, 0.25) is 0 Å². The van der Waals surface area contributed by atoms with Crippen molar-refractivity contribution in [1.82, 2.24) is 5.32 Å². The quantitative estimate of drug-likeness (QED) is 0.725. The molecule has 0 aromatic heterocycles. The van der Waals surface area contributed by atoms with Crippen molar-refractivity contribution in [2.75, 3.05) is 5.32 Å². The molecule has 0 aliphatic heterocycles. The summed E-state index contributed by atoms with van der Waals surface area (Å²) in [4.78, 5) is 0.0943. The monoisotopic (exact) mass is 365 g/mol. The van der Waals surface area contributed by atoms with E-state index in [4.69, 9.17) is 17.4 Å². The highest BCUT2D eigenvalue weighted by atomic mass is 32.2. The van der Waals surface area contributed by atoms with Crippen molar-refractivity contribution in [3.05, 3.63) is 59.7 Å². The van der Waals surface area contributed by atoms with Gasteiger partial charge in [-0.25, -0.2) is 13.6 Å². The maximum Gasteiger partial charge on any atom is 0.238 e. The van der Waals surface area contributed by atoms with Crippen molar-refractivity contribution in [1.29, 1.82) is 0 Å². The zero-order chi connectivity index (χ0) is 18.2. The molecule has 0 amide bonds. The summed E-state index contributed by atoms with van der Waals surface area (Å²) < 4.78 is 22.4. The van der Waals surface area contributed by atoms with Gasteiger partial charge in [0.25, 0.3) is 0 Å². The maximum absolute atomic E-state index is 11.2. The largest absolute Gasteiger partial charge is 0.358 e. The predicted molar refractivity (Wildman–Crippen MR) is 103 cm³/mol. The molecule has 0 aliphatic carbocycles. The van der Waals surface area contributed by atoms with E-state index in [0.717, 1.165) is 16.8 Å². The topological polar surface area (TPSA) is 84.2 Å². The van der Waals surface area contributed by atoms with Crippen LogP contribution in [0.1, 0.15) is 25.0 Å². The van der Waals surface area contributed by atoms with Gasteiger partial charge in [0.1, 0.15) is 0 Å². The number of hydrogen-bond acceptors (Lipinski definition) is 3. The minimum Gasteiger partial charge on any atom is -0.358 e. The lowest BCUT2D eigenvalue weighted by Gasteiger charge is -2.12. The van der Waals surface area contributed by atoms with E-state index in [1.54, 1.807) is 12.1 Å². The van der Waals surface area contributed by atoms with E-state index in [1.807, 2.05) is 45.0 Å². The number of nitrogens with one attached hydrogen (secondary N) is 2. The molecule has 0 saturated carbocycles. The van der Waals surface area contributed by atoms with Crippen LogP contribution in [-0.2, 0) is 16.6 Å². The second-order valence-electron chi connectivity index (χ2n) is 4.81. The van der Waals surface area contributed by atoms with Gasteiger partial charge in [0.05, 0.1) is 4.90 Å². The highest BCUT2D eigenvalue weighted by molar-refractivity contribution is 7.89. The summed E-state index contributed by atoms with van der Waals surface area (Å²) in [7, 11) is -3.65. The number of aryl methyl sites for hydroxylation is 1. The average Bonchev–Trinajstić information content (AvgIpc) is 2.56. The summed E-state index contributed by atoms with van der Waals surface area (Å²) in [6.07, 6.45) is 0. The highest BCUT2D eigenvalue weighted by Crippen LogP contribution is 2.13. The van der Waals surface area contributed by atoms with Crippen LogP contribution in [0.5, 0.6) is 0 Å². The lowest BCUT2D eigenvalue weighted by molar-refractivity contribution is 0.597. The molecule has 2 rings (SSSR count). The molecule has 2 aromatic rings. The summed E-state index contributed by atoms with van der Waals surface area (Å²) in [6.45, 7) is 6.49. The van der Waals surface area contributed by atoms with Gasteiger partial charge in [0.2, 0.25) is 10.0 Å². The van der Waals surface area contributed by atoms with Crippen LogP contribution in [-0.4, -0.2) is 13.5 Å². The van der Waals surface area contributed by atoms with Crippen molar-refractivity contribution in [3.63, 3.8) is 0 Å². The molecule has 4 N–H and O–H groups in total. The molecular weight excluding hydrogens is 342 g/mol. The smallest absolute Gasteiger partial charge is 0.238 e. The molecule has 0 fully saturated rings. The zero-order valence-corrected chi connectivity index (χ0v) is 15.7. The van der Waals surface area contributed by atoms with Gasteiger partial charge in [-0.3, -0.25) is 0 Å². The average molecular weight is 366 g/mol. The third-order valence-electron chi connectivity index (χ3n) is 3.10. The van der Waals surface area contributed by atoms with E-state index in [9.17, 15) is 8.42 Å². The molecule has 0 unspecified atom stereocenters. The number of para-hydroxylation sites is 1. The van der Waals surface area contributed by atoms with Crippen molar-refractivity contribution >= 4 is 33.0 Å². The molecule has 0 aliphatic rings. The van der Waals surface area contributed by atoms with Crippen molar-refractivity contribution in [2.45, 2.75) is 32.2 Å². The van der Waals surface area contributed by atoms with Crippen LogP contribution in [0.4, 0.5) is 5.69 Å². The Labute approximate surface area is 149 Å². The zero-order valence-electron chi connectivity index (χ0n) is 14.0. The van der Waals surface area contributed by atoms with Crippen molar-refractivity contribution < 1.29 is 8.42 Å². The van der Waals surface area contributed by atoms with Gasteiger partial charge in [0.15, 0.2) is 5.11 Å². The summed E-state index contributed by atoms with van der Waals surface area (Å²) in [5, 5.41) is 11.8. The Kier molecular flexibility index (Phi) is 7.84. The Morgan fingerprint density at radius 1 is 1.08 bits per heavy atom. The second-order valence-corrected chi connectivity index (χ2v) is 6.78. The molecule has 0 bridgehead atoms. The van der Waals surface area contributed by atoms with Crippen LogP contribution < -0.4 is 15.8 Å². The van der Waals surface area contributed by atoms with Crippen LogP contribution in [0.25, 0.3) is 0 Å². The van der Waals surface area contributed by atoms with Gasteiger partial charge in [-0.05, 0) is 48.5 Å². The van der Waals surface area contributed by atoms with E-state index >= 15 is 0 Å². The Hall–Kier alpha value is -1.96. The summed E-state index contributed by atoms with van der Waals surface area (Å²) >= 11 is 5.24. The first-order valence-corrected chi connectivity index (χ1v) is 9.54. The molecule has 24 heavy (non-hydrogen) atoms. The number of benzene rings is 2. The first-order chi connectivity index (χ1) is 11.4. The number of hydrogen-bond donors (Lipinski definition) is 3. The lowest BCUT2D eigenvalue weighted by Crippen LogP contribution is -2.28. The fourth-order valence-corrected chi connectivity index (χ4v) is 2.56. The first kappa shape index (κ1) is 20.1. The third-order valence-corrected chi connectivity index (χ3v) is 4.27. The molecule has 130 valence electrons. The molecule has 7 heteroatoms. The van der Waals surface area contributed by atoms with Crippen LogP contribution in [0.3, 0.4) is 0 Å². The maximum atomic E-state index is 11.2. The fraction of sp³-hybridized carbons (Fsp3) is 0.235. The minimum atomic E-state index is -3.65. The van der Waals surface area contributed by atoms with Crippen LogP contribution in [0.15, 0.2) is 53.4 Å². The summed E-state index contributed by atoms with van der Waals surface area (Å²) in [5.74, 6) is 0. The standard InChI is InChI=1S/C15H17N3O2S2.C2H6/c1-11-4-2-3-5-14(11)18-15(21)17-10-12-6-8-13(9-7-12)22(16,19)20;1-2/h2-9H,10H2,1H3,(H2,16,19,20)(H2,17,18,21);1-2H3. The summed E-state index contributed by atoms with van der Waals surface area (Å²) in [5.41, 5.74) is 2.95. The number of nitrogens with two attached hydrogens (primary N) is 1. The second kappa shape index (κ2) is 9.36. The van der Waals surface area contributed by atoms with Crippen LogP contribution in [0, 0.1) is 6.92 Å². The van der Waals surface area contributed by atoms with Gasteiger partial charge in [-0.1, -0.05) is 44.2 Å². The molecule has 0 atom stereocenters. The summed E-state index contributed by atoms with van der Waals surface area (Å²) in [6, 6.07) is 14.2. The normalized spacial score (nSPS) is 10.3. The van der Waals surface area contributed by atoms with E-state index in [0.29, 0.717) is 11.7 Å².